The van der Waals surface area contributed by atoms with Crippen LogP contribution in [0.1, 0.15) is 33.4 Å². The van der Waals surface area contributed by atoms with Crippen LogP contribution in [0.25, 0.3) is 0 Å². The highest BCUT2D eigenvalue weighted by Crippen LogP contribution is 2.50. The molecule has 4 aromatic carbocycles. The first-order valence-corrected chi connectivity index (χ1v) is 11.5. The second-order valence-corrected chi connectivity index (χ2v) is 9.21. The Morgan fingerprint density at radius 2 is 1.06 bits per heavy atom. The van der Waals surface area contributed by atoms with Crippen molar-refractivity contribution in [1.29, 1.82) is 0 Å². The van der Waals surface area contributed by atoms with Crippen LogP contribution < -0.4 is 9.64 Å². The normalized spacial score (nSPS) is 10.9. The molecule has 180 valence electrons. The van der Waals surface area contributed by atoms with Gasteiger partial charge in [-0.1, -0.05) is 24.3 Å². The summed E-state index contributed by atoms with van der Waals surface area (Å²) < 4.78 is 6.37. The number of aryl methyl sites for hydroxylation is 5. The van der Waals surface area contributed by atoms with Gasteiger partial charge in [0, 0.05) is 5.56 Å². The first kappa shape index (κ1) is 24.0. The Balaban J connectivity index is 2.00. The molecule has 0 atom stereocenters. The first-order valence-electron chi connectivity index (χ1n) is 11.5. The summed E-state index contributed by atoms with van der Waals surface area (Å²) in [5.41, 5.74) is 6.81. The number of ether oxygens (including phenoxy) is 1. The topological polar surface area (TPSA) is 73.2 Å². The molecule has 0 aliphatic heterocycles. The van der Waals surface area contributed by atoms with Crippen molar-refractivity contribution in [2.24, 2.45) is 0 Å². The maximum Gasteiger partial charge on any atom is 0.151 e. The summed E-state index contributed by atoms with van der Waals surface area (Å²) in [5, 5.41) is 32.5. The SMILES string of the molecule is Cc1cc(C)c(N(c2ccccc2Oc2cc(C)cc(O)c2C)c2c(C)cc(C)cc2O)c(O)c1. The average Bonchev–Trinajstić information content (AvgIpc) is 2.75. The lowest BCUT2D eigenvalue weighted by Crippen LogP contribution is -2.14. The van der Waals surface area contributed by atoms with Crippen LogP contribution in [0.15, 0.2) is 60.7 Å². The number of para-hydroxylation sites is 2. The van der Waals surface area contributed by atoms with Gasteiger partial charge in [-0.15, -0.1) is 0 Å². The molecule has 0 bridgehead atoms. The van der Waals surface area contributed by atoms with Gasteiger partial charge in [0.15, 0.2) is 5.75 Å². The third-order valence-corrected chi connectivity index (χ3v) is 6.10. The molecule has 0 heterocycles. The smallest absolute Gasteiger partial charge is 0.151 e. The molecule has 0 saturated heterocycles. The largest absolute Gasteiger partial charge is 0.508 e. The molecule has 0 saturated carbocycles. The van der Waals surface area contributed by atoms with Gasteiger partial charge in [0.2, 0.25) is 0 Å². The number of hydrogen-bond acceptors (Lipinski definition) is 5. The average molecular weight is 470 g/mol. The Morgan fingerprint density at radius 1 is 0.571 bits per heavy atom. The van der Waals surface area contributed by atoms with Crippen molar-refractivity contribution in [1.82, 2.24) is 0 Å². The van der Waals surface area contributed by atoms with Crippen molar-refractivity contribution in [2.45, 2.75) is 41.5 Å². The van der Waals surface area contributed by atoms with Crippen molar-refractivity contribution in [2.75, 3.05) is 4.90 Å². The molecule has 0 aliphatic carbocycles. The molecule has 4 aromatic rings. The van der Waals surface area contributed by atoms with Gasteiger partial charge in [-0.05, 0) is 106 Å². The zero-order valence-corrected chi connectivity index (χ0v) is 21.0. The fraction of sp³-hybridized carbons (Fsp3) is 0.200. The van der Waals surface area contributed by atoms with Crippen LogP contribution in [-0.2, 0) is 0 Å². The van der Waals surface area contributed by atoms with E-state index in [2.05, 4.69) is 0 Å². The van der Waals surface area contributed by atoms with Gasteiger partial charge >= 0.3 is 0 Å². The summed E-state index contributed by atoms with van der Waals surface area (Å²) >= 11 is 0. The third-order valence-electron chi connectivity index (χ3n) is 6.10. The van der Waals surface area contributed by atoms with Crippen LogP contribution in [0.4, 0.5) is 17.1 Å². The fourth-order valence-corrected chi connectivity index (χ4v) is 4.57. The lowest BCUT2D eigenvalue weighted by Gasteiger charge is -2.31. The molecule has 0 spiro atoms. The molecule has 0 fully saturated rings. The Kier molecular flexibility index (Phi) is 6.35. The molecule has 4 rings (SSSR count). The van der Waals surface area contributed by atoms with E-state index in [0.29, 0.717) is 34.1 Å². The molecule has 5 nitrogen and oxygen atoms in total. The number of phenols is 3. The minimum Gasteiger partial charge on any atom is -0.508 e. The lowest BCUT2D eigenvalue weighted by atomic mass is 10.0. The van der Waals surface area contributed by atoms with E-state index in [-0.39, 0.29) is 17.2 Å². The first-order chi connectivity index (χ1) is 16.6. The molecule has 5 heteroatoms. The number of rotatable bonds is 5. The zero-order chi connectivity index (χ0) is 25.4. The van der Waals surface area contributed by atoms with Gasteiger partial charge < -0.3 is 20.1 Å². The highest BCUT2D eigenvalue weighted by molar-refractivity contribution is 5.88. The fourth-order valence-electron chi connectivity index (χ4n) is 4.57. The third kappa shape index (κ3) is 4.62. The highest BCUT2D eigenvalue weighted by atomic mass is 16.5. The lowest BCUT2D eigenvalue weighted by molar-refractivity contribution is 0.447. The number of anilines is 3. The van der Waals surface area contributed by atoms with Gasteiger partial charge in [0.1, 0.15) is 23.0 Å². The van der Waals surface area contributed by atoms with E-state index < -0.39 is 0 Å². The Labute approximate surface area is 206 Å². The molecular formula is C30H31NO4. The van der Waals surface area contributed by atoms with E-state index in [9.17, 15) is 15.3 Å². The van der Waals surface area contributed by atoms with Crippen LogP contribution >= 0.6 is 0 Å². The number of aromatic hydroxyl groups is 3. The summed E-state index contributed by atoms with van der Waals surface area (Å²) in [5.74, 6) is 1.40. The highest BCUT2D eigenvalue weighted by Gasteiger charge is 2.26. The predicted octanol–water partition coefficient (Wildman–Crippen LogP) is 7.92. The Hall–Kier alpha value is -4.12. The number of hydrogen-bond donors (Lipinski definition) is 3. The van der Waals surface area contributed by atoms with Crippen molar-refractivity contribution < 1.29 is 20.1 Å². The monoisotopic (exact) mass is 469 g/mol. The zero-order valence-electron chi connectivity index (χ0n) is 21.0. The number of benzene rings is 4. The minimum absolute atomic E-state index is 0.0982. The van der Waals surface area contributed by atoms with Crippen LogP contribution in [0.5, 0.6) is 28.7 Å². The second kappa shape index (κ2) is 9.26. The molecule has 0 amide bonds. The molecule has 3 N–H and O–H groups in total. The van der Waals surface area contributed by atoms with E-state index in [1.54, 1.807) is 25.1 Å². The van der Waals surface area contributed by atoms with Gasteiger partial charge in [-0.25, -0.2) is 0 Å². The predicted molar refractivity (Wildman–Crippen MR) is 141 cm³/mol. The van der Waals surface area contributed by atoms with Gasteiger partial charge in [0.25, 0.3) is 0 Å². The maximum absolute atomic E-state index is 11.1. The molecule has 35 heavy (non-hydrogen) atoms. The van der Waals surface area contributed by atoms with Crippen molar-refractivity contribution in [3.63, 3.8) is 0 Å². The van der Waals surface area contributed by atoms with Crippen molar-refractivity contribution >= 4 is 17.1 Å². The minimum atomic E-state index is 0.0982. The molecule has 0 aromatic heterocycles. The number of phenolic OH excluding ortho intramolecular Hbond substituents is 3. The summed E-state index contributed by atoms with van der Waals surface area (Å²) in [6, 6.07) is 18.5. The van der Waals surface area contributed by atoms with E-state index in [1.165, 1.54) is 0 Å². The van der Waals surface area contributed by atoms with Crippen molar-refractivity contribution in [3.05, 3.63) is 94.0 Å². The van der Waals surface area contributed by atoms with Gasteiger partial charge in [0.05, 0.1) is 17.1 Å². The standard InChI is InChI=1S/C30H31NO4/c1-17-11-20(4)29(25(33)14-17)31(30-21(5)12-18(2)15-26(30)34)23-9-7-8-10-27(23)35-28-16-19(3)13-24(32)22(28)6/h7-16,32-34H,1-6H3. The molecule has 0 aliphatic rings. The van der Waals surface area contributed by atoms with Crippen LogP contribution in [0.2, 0.25) is 0 Å². The van der Waals surface area contributed by atoms with Gasteiger partial charge in [-0.2, -0.15) is 0 Å². The molecular weight excluding hydrogens is 438 g/mol. The second-order valence-electron chi connectivity index (χ2n) is 9.21. The van der Waals surface area contributed by atoms with E-state index in [0.717, 1.165) is 27.8 Å². The van der Waals surface area contributed by atoms with E-state index in [1.807, 2.05) is 82.0 Å². The summed E-state index contributed by atoms with van der Waals surface area (Å²) in [4.78, 5) is 1.84. The van der Waals surface area contributed by atoms with Crippen molar-refractivity contribution in [3.8, 4) is 28.7 Å². The summed E-state index contributed by atoms with van der Waals surface area (Å²) in [6.45, 7) is 11.4. The summed E-state index contributed by atoms with van der Waals surface area (Å²) in [6.07, 6.45) is 0. The maximum atomic E-state index is 11.1. The van der Waals surface area contributed by atoms with E-state index in [4.69, 9.17) is 4.74 Å². The quantitative estimate of drug-likeness (QED) is 0.277. The van der Waals surface area contributed by atoms with Crippen LogP contribution in [0.3, 0.4) is 0 Å². The number of nitrogens with zero attached hydrogens (tertiary/aromatic N) is 1. The Bertz CT molecular complexity index is 1320. The van der Waals surface area contributed by atoms with Crippen LogP contribution in [-0.4, -0.2) is 15.3 Å². The van der Waals surface area contributed by atoms with Crippen LogP contribution in [0, 0.1) is 41.5 Å². The van der Waals surface area contributed by atoms with Gasteiger partial charge in [-0.3, -0.25) is 4.90 Å². The Morgan fingerprint density at radius 3 is 1.60 bits per heavy atom. The molecule has 0 radical (unpaired) electrons. The summed E-state index contributed by atoms with van der Waals surface area (Å²) in [7, 11) is 0. The van der Waals surface area contributed by atoms with E-state index >= 15 is 0 Å². The molecule has 0 unspecified atom stereocenters.